The zero-order valence-electron chi connectivity index (χ0n) is 19.8. The fourth-order valence-corrected chi connectivity index (χ4v) is 3.32. The Hall–Kier alpha value is -4.84. The van der Waals surface area contributed by atoms with E-state index >= 15 is 0 Å². The van der Waals surface area contributed by atoms with Gasteiger partial charge in [-0.25, -0.2) is 14.8 Å². The van der Waals surface area contributed by atoms with E-state index in [0.717, 1.165) is 17.6 Å². The lowest BCUT2D eigenvalue weighted by Gasteiger charge is -2.14. The summed E-state index contributed by atoms with van der Waals surface area (Å²) in [6, 6.07) is 14.3. The van der Waals surface area contributed by atoms with Crippen molar-refractivity contribution in [1.82, 2.24) is 9.55 Å². The SMILES string of the molecule is C=C(/N=C(\C(=C/N)C(=O)OCC)c1cccc(C#N)c1)Nc1ccc(-n2cnc(C)c2)c(OC)c1. The summed E-state index contributed by atoms with van der Waals surface area (Å²) < 4.78 is 12.5. The Morgan fingerprint density at radius 2 is 2.14 bits per heavy atom. The number of rotatable bonds is 9. The Morgan fingerprint density at radius 1 is 1.34 bits per heavy atom. The monoisotopic (exact) mass is 470 g/mol. The number of aromatic nitrogens is 2. The molecular formula is C26H26N6O3. The van der Waals surface area contributed by atoms with Crippen LogP contribution in [0.25, 0.3) is 5.69 Å². The summed E-state index contributed by atoms with van der Waals surface area (Å²) >= 11 is 0. The molecule has 9 heteroatoms. The summed E-state index contributed by atoms with van der Waals surface area (Å²) in [5.41, 5.74) is 9.32. The summed E-state index contributed by atoms with van der Waals surface area (Å²) in [7, 11) is 1.58. The van der Waals surface area contributed by atoms with Crippen LogP contribution >= 0.6 is 0 Å². The first-order valence-electron chi connectivity index (χ1n) is 10.7. The van der Waals surface area contributed by atoms with Crippen molar-refractivity contribution in [1.29, 1.82) is 5.26 Å². The van der Waals surface area contributed by atoms with E-state index < -0.39 is 5.97 Å². The molecule has 3 N–H and O–H groups in total. The molecule has 0 saturated heterocycles. The smallest absolute Gasteiger partial charge is 0.341 e. The van der Waals surface area contributed by atoms with Crippen molar-refractivity contribution in [2.75, 3.05) is 19.0 Å². The van der Waals surface area contributed by atoms with Gasteiger partial charge in [-0.05, 0) is 38.1 Å². The second-order valence-electron chi connectivity index (χ2n) is 7.33. The number of carbonyl (C=O) groups is 1. The summed E-state index contributed by atoms with van der Waals surface area (Å²) in [5, 5.41) is 12.4. The standard InChI is InChI=1S/C26H26N6O3/c1-5-35-26(33)22(14-28)25(20-8-6-7-19(11-20)13-27)31-18(3)30-21-9-10-23(24(12-21)34-4)32-15-17(2)29-16-32/h6-12,14-16,30H,3,5,28H2,1-2,4H3/b22-14+,31-25-. The second-order valence-corrected chi connectivity index (χ2v) is 7.33. The minimum Gasteiger partial charge on any atom is -0.494 e. The number of aryl methyl sites for hydroxylation is 1. The molecule has 0 aliphatic heterocycles. The molecule has 0 atom stereocenters. The maximum absolute atomic E-state index is 12.6. The number of esters is 1. The molecule has 35 heavy (non-hydrogen) atoms. The van der Waals surface area contributed by atoms with Gasteiger partial charge in [-0.2, -0.15) is 5.26 Å². The molecule has 178 valence electrons. The highest BCUT2D eigenvalue weighted by Crippen LogP contribution is 2.27. The van der Waals surface area contributed by atoms with E-state index in [0.29, 0.717) is 22.6 Å². The molecule has 0 aliphatic rings. The summed E-state index contributed by atoms with van der Waals surface area (Å²) in [5.74, 6) is 0.213. The van der Waals surface area contributed by atoms with Crippen LogP contribution < -0.4 is 15.8 Å². The molecule has 0 bridgehead atoms. The van der Waals surface area contributed by atoms with Crippen LogP contribution in [0, 0.1) is 18.3 Å². The van der Waals surface area contributed by atoms with E-state index in [1.165, 1.54) is 0 Å². The van der Waals surface area contributed by atoms with Crippen LogP contribution in [0.15, 0.2) is 84.2 Å². The summed E-state index contributed by atoms with van der Waals surface area (Å²) in [6.07, 6.45) is 4.74. The van der Waals surface area contributed by atoms with E-state index in [1.807, 2.05) is 29.8 Å². The predicted octanol–water partition coefficient (Wildman–Crippen LogP) is 3.84. The Bertz CT molecular complexity index is 1350. The number of benzene rings is 2. The van der Waals surface area contributed by atoms with Crippen molar-refractivity contribution in [2.24, 2.45) is 10.7 Å². The van der Waals surface area contributed by atoms with Gasteiger partial charge in [0.1, 0.15) is 17.1 Å². The molecule has 3 rings (SSSR count). The lowest BCUT2D eigenvalue weighted by molar-refractivity contribution is -0.137. The number of hydrogen-bond acceptors (Lipinski definition) is 8. The summed E-state index contributed by atoms with van der Waals surface area (Å²) in [6.45, 7) is 7.75. The van der Waals surface area contributed by atoms with Crippen LogP contribution in [0.2, 0.25) is 0 Å². The molecule has 0 spiro atoms. The van der Waals surface area contributed by atoms with E-state index in [2.05, 4.69) is 27.9 Å². The van der Waals surface area contributed by atoms with E-state index in [1.54, 1.807) is 50.7 Å². The van der Waals surface area contributed by atoms with Crippen molar-refractivity contribution in [3.05, 3.63) is 96.0 Å². The van der Waals surface area contributed by atoms with Crippen LogP contribution in [-0.2, 0) is 9.53 Å². The zero-order chi connectivity index (χ0) is 25.4. The third kappa shape index (κ3) is 5.94. The number of ether oxygens (including phenoxy) is 2. The molecule has 0 unspecified atom stereocenters. The topological polar surface area (TPSA) is 128 Å². The maximum Gasteiger partial charge on any atom is 0.341 e. The van der Waals surface area contributed by atoms with E-state index in [9.17, 15) is 10.1 Å². The number of carbonyl (C=O) groups excluding carboxylic acids is 1. The van der Waals surface area contributed by atoms with Crippen LogP contribution in [0.3, 0.4) is 0 Å². The molecule has 1 aromatic heterocycles. The Balaban J connectivity index is 1.97. The van der Waals surface area contributed by atoms with Gasteiger partial charge in [0.05, 0.1) is 48.8 Å². The number of nitrogens with one attached hydrogen (secondary N) is 1. The number of methoxy groups -OCH3 is 1. The third-order valence-electron chi connectivity index (χ3n) is 4.89. The highest BCUT2D eigenvalue weighted by molar-refractivity contribution is 6.27. The quantitative estimate of drug-likeness (QED) is 0.276. The fourth-order valence-electron chi connectivity index (χ4n) is 3.32. The molecule has 0 amide bonds. The lowest BCUT2D eigenvalue weighted by atomic mass is 10.0. The summed E-state index contributed by atoms with van der Waals surface area (Å²) in [4.78, 5) is 21.3. The zero-order valence-corrected chi connectivity index (χ0v) is 19.8. The van der Waals surface area contributed by atoms with Gasteiger partial charge in [-0.15, -0.1) is 0 Å². The van der Waals surface area contributed by atoms with Crippen LogP contribution in [0.1, 0.15) is 23.7 Å². The van der Waals surface area contributed by atoms with E-state index in [-0.39, 0.29) is 23.7 Å². The molecule has 0 saturated carbocycles. The van der Waals surface area contributed by atoms with Gasteiger partial charge < -0.3 is 25.1 Å². The van der Waals surface area contributed by atoms with Gasteiger partial charge in [0.15, 0.2) is 0 Å². The van der Waals surface area contributed by atoms with Gasteiger partial charge in [-0.1, -0.05) is 18.7 Å². The Morgan fingerprint density at radius 3 is 2.77 bits per heavy atom. The van der Waals surface area contributed by atoms with Gasteiger partial charge in [0.25, 0.3) is 0 Å². The fraction of sp³-hybridized carbons (Fsp3) is 0.154. The predicted molar refractivity (Wildman–Crippen MR) is 134 cm³/mol. The first-order chi connectivity index (χ1) is 16.9. The molecule has 9 nitrogen and oxygen atoms in total. The molecule has 0 fully saturated rings. The largest absolute Gasteiger partial charge is 0.494 e. The minimum atomic E-state index is -0.634. The van der Waals surface area contributed by atoms with Crippen LogP contribution in [-0.4, -0.2) is 34.9 Å². The van der Waals surface area contributed by atoms with Gasteiger partial charge in [0, 0.05) is 29.7 Å². The highest BCUT2D eigenvalue weighted by atomic mass is 16.5. The van der Waals surface area contributed by atoms with Crippen molar-refractivity contribution in [3.63, 3.8) is 0 Å². The number of nitriles is 1. The van der Waals surface area contributed by atoms with Gasteiger partial charge >= 0.3 is 5.97 Å². The number of imidazole rings is 1. The van der Waals surface area contributed by atoms with Gasteiger partial charge in [0.2, 0.25) is 0 Å². The number of aliphatic imine (C=N–C) groups is 1. The second kappa shape index (κ2) is 11.3. The molecule has 0 aliphatic carbocycles. The normalized spacial score (nSPS) is 11.5. The average molecular weight is 471 g/mol. The van der Waals surface area contributed by atoms with Crippen molar-refractivity contribution in [3.8, 4) is 17.5 Å². The average Bonchev–Trinajstić information content (AvgIpc) is 3.29. The molecule has 2 aromatic carbocycles. The molecule has 1 heterocycles. The van der Waals surface area contributed by atoms with Crippen molar-refractivity contribution < 1.29 is 14.3 Å². The lowest BCUT2D eigenvalue weighted by Crippen LogP contribution is -2.19. The Labute approximate surface area is 203 Å². The molecule has 0 radical (unpaired) electrons. The highest BCUT2D eigenvalue weighted by Gasteiger charge is 2.20. The number of hydrogen-bond donors (Lipinski definition) is 2. The number of nitrogens with two attached hydrogens (primary N) is 1. The van der Waals surface area contributed by atoms with Gasteiger partial charge in [-0.3, -0.25) is 0 Å². The first-order valence-corrected chi connectivity index (χ1v) is 10.7. The van der Waals surface area contributed by atoms with Crippen molar-refractivity contribution in [2.45, 2.75) is 13.8 Å². The third-order valence-corrected chi connectivity index (χ3v) is 4.89. The molecular weight excluding hydrogens is 444 g/mol. The maximum atomic E-state index is 12.6. The van der Waals surface area contributed by atoms with Crippen LogP contribution in [0.4, 0.5) is 5.69 Å². The Kier molecular flexibility index (Phi) is 8.03. The molecule has 3 aromatic rings. The number of nitrogens with zero attached hydrogens (tertiary/aromatic N) is 4. The van der Waals surface area contributed by atoms with Crippen molar-refractivity contribution >= 4 is 17.4 Å². The van der Waals surface area contributed by atoms with Crippen LogP contribution in [0.5, 0.6) is 5.75 Å². The van der Waals surface area contributed by atoms with E-state index in [4.69, 9.17) is 15.2 Å². The minimum absolute atomic E-state index is 0.0493. The number of anilines is 1. The first kappa shape index (κ1) is 24.8.